The highest BCUT2D eigenvalue weighted by Gasteiger charge is 2.22. The molecule has 0 saturated heterocycles. The van der Waals surface area contributed by atoms with E-state index in [1.54, 1.807) is 24.3 Å². The summed E-state index contributed by atoms with van der Waals surface area (Å²) in [5.41, 5.74) is 0.538. The van der Waals surface area contributed by atoms with Crippen LogP contribution in [0.4, 0.5) is 0 Å². The molecule has 0 heterocycles. The number of ether oxygens (including phenoxy) is 2. The third-order valence-corrected chi connectivity index (χ3v) is 3.93. The standard InChI is InChI=1S/C20H30O4/c1-6-18(15(4)5)24-20(22)17-12-8-7-11-16(17)19(21)23-13-9-10-14(2)3/h7-8,11-12,14-15,18H,6,9-10,13H2,1-5H3. The molecule has 24 heavy (non-hydrogen) atoms. The summed E-state index contributed by atoms with van der Waals surface area (Å²) in [5, 5.41) is 0. The molecule has 0 spiro atoms. The molecule has 0 aliphatic carbocycles. The number of esters is 2. The van der Waals surface area contributed by atoms with E-state index in [2.05, 4.69) is 13.8 Å². The van der Waals surface area contributed by atoms with Gasteiger partial charge in [-0.15, -0.1) is 0 Å². The largest absolute Gasteiger partial charge is 0.462 e. The number of carbonyl (C=O) groups excluding carboxylic acids is 2. The fourth-order valence-electron chi connectivity index (χ4n) is 2.47. The van der Waals surface area contributed by atoms with Crippen LogP contribution in [0, 0.1) is 11.8 Å². The Balaban J connectivity index is 2.76. The van der Waals surface area contributed by atoms with Crippen molar-refractivity contribution in [1.82, 2.24) is 0 Å². The maximum atomic E-state index is 12.4. The van der Waals surface area contributed by atoms with Crippen LogP contribution in [0.3, 0.4) is 0 Å². The fourth-order valence-corrected chi connectivity index (χ4v) is 2.47. The number of carbonyl (C=O) groups is 2. The van der Waals surface area contributed by atoms with Crippen LogP contribution in [0.25, 0.3) is 0 Å². The molecule has 0 bridgehead atoms. The average Bonchev–Trinajstić information content (AvgIpc) is 2.55. The van der Waals surface area contributed by atoms with Gasteiger partial charge in [0.2, 0.25) is 0 Å². The molecular weight excluding hydrogens is 304 g/mol. The lowest BCUT2D eigenvalue weighted by molar-refractivity contribution is 0.0167. The molecule has 1 aromatic carbocycles. The van der Waals surface area contributed by atoms with E-state index in [1.807, 2.05) is 20.8 Å². The fraction of sp³-hybridized carbons (Fsp3) is 0.600. The Morgan fingerprint density at radius 3 is 2.08 bits per heavy atom. The van der Waals surface area contributed by atoms with E-state index < -0.39 is 11.9 Å². The van der Waals surface area contributed by atoms with Crippen LogP contribution < -0.4 is 0 Å². The molecule has 0 amide bonds. The van der Waals surface area contributed by atoms with Crippen LogP contribution in [-0.2, 0) is 9.47 Å². The highest BCUT2D eigenvalue weighted by molar-refractivity contribution is 6.03. The van der Waals surface area contributed by atoms with Gasteiger partial charge in [0.25, 0.3) is 0 Å². The molecule has 4 heteroatoms. The summed E-state index contributed by atoms with van der Waals surface area (Å²) in [6, 6.07) is 6.67. The first-order valence-corrected chi connectivity index (χ1v) is 8.83. The van der Waals surface area contributed by atoms with E-state index in [9.17, 15) is 9.59 Å². The Bertz CT molecular complexity index is 534. The molecule has 0 radical (unpaired) electrons. The summed E-state index contributed by atoms with van der Waals surface area (Å²) in [6.45, 7) is 10.6. The third-order valence-electron chi connectivity index (χ3n) is 3.93. The number of benzene rings is 1. The summed E-state index contributed by atoms with van der Waals surface area (Å²) in [5.74, 6) is -0.128. The van der Waals surface area contributed by atoms with E-state index in [1.165, 1.54) is 0 Å². The van der Waals surface area contributed by atoms with Gasteiger partial charge in [-0.1, -0.05) is 46.8 Å². The van der Waals surface area contributed by atoms with E-state index in [0.717, 1.165) is 19.3 Å². The molecule has 0 aliphatic rings. The van der Waals surface area contributed by atoms with Gasteiger partial charge in [0.05, 0.1) is 17.7 Å². The van der Waals surface area contributed by atoms with Crippen molar-refractivity contribution in [3.63, 3.8) is 0 Å². The van der Waals surface area contributed by atoms with Crippen LogP contribution in [0.2, 0.25) is 0 Å². The molecule has 0 aromatic heterocycles. The van der Waals surface area contributed by atoms with E-state index in [4.69, 9.17) is 9.47 Å². The monoisotopic (exact) mass is 334 g/mol. The first-order valence-electron chi connectivity index (χ1n) is 8.83. The van der Waals surface area contributed by atoms with Crippen LogP contribution in [0.15, 0.2) is 24.3 Å². The quantitative estimate of drug-likeness (QED) is 0.477. The smallest absolute Gasteiger partial charge is 0.339 e. The van der Waals surface area contributed by atoms with Crippen molar-refractivity contribution >= 4 is 11.9 Å². The van der Waals surface area contributed by atoms with Crippen molar-refractivity contribution in [3.8, 4) is 0 Å². The topological polar surface area (TPSA) is 52.6 Å². The molecule has 0 aliphatic heterocycles. The zero-order valence-electron chi connectivity index (χ0n) is 15.5. The SMILES string of the molecule is CCC(OC(=O)c1ccccc1C(=O)OCCCC(C)C)C(C)C. The van der Waals surface area contributed by atoms with Crippen LogP contribution in [0.1, 0.15) is 74.6 Å². The van der Waals surface area contributed by atoms with Crippen molar-refractivity contribution in [2.45, 2.75) is 60.0 Å². The zero-order chi connectivity index (χ0) is 18.1. The molecule has 1 unspecified atom stereocenters. The van der Waals surface area contributed by atoms with Crippen molar-refractivity contribution in [1.29, 1.82) is 0 Å². The van der Waals surface area contributed by atoms with Gasteiger partial charge in [-0.2, -0.15) is 0 Å². The molecule has 4 nitrogen and oxygen atoms in total. The third kappa shape index (κ3) is 6.34. The summed E-state index contributed by atoms with van der Waals surface area (Å²) in [6.07, 6.45) is 2.41. The Kier molecular flexibility index (Phi) is 8.51. The normalized spacial score (nSPS) is 12.3. The zero-order valence-corrected chi connectivity index (χ0v) is 15.5. The Morgan fingerprint density at radius 2 is 1.58 bits per heavy atom. The maximum Gasteiger partial charge on any atom is 0.339 e. The first-order chi connectivity index (χ1) is 11.4. The van der Waals surface area contributed by atoms with Crippen molar-refractivity contribution in [2.75, 3.05) is 6.61 Å². The van der Waals surface area contributed by atoms with Gasteiger partial charge in [0.15, 0.2) is 0 Å². The summed E-state index contributed by atoms with van der Waals surface area (Å²) < 4.78 is 10.8. The highest BCUT2D eigenvalue weighted by Crippen LogP contribution is 2.17. The van der Waals surface area contributed by atoms with Gasteiger partial charge >= 0.3 is 11.9 Å². The number of hydrogen-bond donors (Lipinski definition) is 0. The summed E-state index contributed by atoms with van der Waals surface area (Å²) >= 11 is 0. The number of rotatable bonds is 9. The Hall–Kier alpha value is -1.84. The highest BCUT2D eigenvalue weighted by atomic mass is 16.5. The molecule has 1 rings (SSSR count). The summed E-state index contributed by atoms with van der Waals surface area (Å²) in [4.78, 5) is 24.7. The Labute approximate surface area is 145 Å². The Morgan fingerprint density at radius 1 is 1.00 bits per heavy atom. The minimum atomic E-state index is -0.469. The van der Waals surface area contributed by atoms with Crippen LogP contribution >= 0.6 is 0 Å². The lowest BCUT2D eigenvalue weighted by Crippen LogP contribution is -2.24. The van der Waals surface area contributed by atoms with Crippen LogP contribution in [0.5, 0.6) is 0 Å². The second-order valence-electron chi connectivity index (χ2n) is 6.81. The lowest BCUT2D eigenvalue weighted by Gasteiger charge is -2.20. The van der Waals surface area contributed by atoms with Crippen LogP contribution in [-0.4, -0.2) is 24.6 Å². The first kappa shape index (κ1) is 20.2. The molecule has 0 N–H and O–H groups in total. The van der Waals surface area contributed by atoms with Gasteiger partial charge in [-0.25, -0.2) is 9.59 Å². The number of hydrogen-bond acceptors (Lipinski definition) is 4. The predicted molar refractivity (Wildman–Crippen MR) is 95.1 cm³/mol. The second kappa shape index (κ2) is 10.1. The molecule has 1 atom stereocenters. The lowest BCUT2D eigenvalue weighted by atomic mass is 10.0. The van der Waals surface area contributed by atoms with Crippen molar-refractivity contribution in [3.05, 3.63) is 35.4 Å². The molecule has 0 saturated carbocycles. The predicted octanol–water partition coefficient (Wildman–Crippen LogP) is 4.87. The van der Waals surface area contributed by atoms with Gasteiger partial charge in [-0.3, -0.25) is 0 Å². The maximum absolute atomic E-state index is 12.4. The summed E-state index contributed by atoms with van der Waals surface area (Å²) in [7, 11) is 0. The molecule has 134 valence electrons. The van der Waals surface area contributed by atoms with E-state index in [-0.39, 0.29) is 23.1 Å². The van der Waals surface area contributed by atoms with Crippen molar-refractivity contribution in [2.24, 2.45) is 11.8 Å². The van der Waals surface area contributed by atoms with E-state index in [0.29, 0.717) is 12.5 Å². The van der Waals surface area contributed by atoms with Gasteiger partial charge in [0.1, 0.15) is 6.10 Å². The second-order valence-corrected chi connectivity index (χ2v) is 6.81. The minimum Gasteiger partial charge on any atom is -0.462 e. The minimum absolute atomic E-state index is 0.160. The van der Waals surface area contributed by atoms with Gasteiger partial charge < -0.3 is 9.47 Å². The van der Waals surface area contributed by atoms with E-state index >= 15 is 0 Å². The van der Waals surface area contributed by atoms with Gasteiger partial charge in [0, 0.05) is 0 Å². The average molecular weight is 334 g/mol. The molecule has 0 fully saturated rings. The molecule has 1 aromatic rings. The molecular formula is C20H30O4. The van der Waals surface area contributed by atoms with Gasteiger partial charge in [-0.05, 0) is 43.2 Å². The van der Waals surface area contributed by atoms with Crippen molar-refractivity contribution < 1.29 is 19.1 Å².